The van der Waals surface area contributed by atoms with E-state index in [-0.39, 0.29) is 17.6 Å². The van der Waals surface area contributed by atoms with Crippen LogP contribution in [0.3, 0.4) is 0 Å². The first-order valence-electron chi connectivity index (χ1n) is 8.07. The van der Waals surface area contributed by atoms with Gasteiger partial charge in [-0.05, 0) is 45.9 Å². The van der Waals surface area contributed by atoms with Crippen molar-refractivity contribution in [3.8, 4) is 5.75 Å². The van der Waals surface area contributed by atoms with Crippen molar-refractivity contribution in [2.75, 3.05) is 5.73 Å². The normalized spacial score (nSPS) is 18.6. The first-order chi connectivity index (χ1) is 11.2. The van der Waals surface area contributed by atoms with E-state index >= 15 is 0 Å². The van der Waals surface area contributed by atoms with Gasteiger partial charge in [0, 0.05) is 30.4 Å². The Kier molecular flexibility index (Phi) is 3.78. The molecule has 0 radical (unpaired) electrons. The molecule has 1 unspecified atom stereocenters. The van der Waals surface area contributed by atoms with Crippen LogP contribution in [-0.4, -0.2) is 21.3 Å². The number of nitrogens with two attached hydrogens (primary N) is 1. The zero-order valence-electron chi connectivity index (χ0n) is 14.8. The van der Waals surface area contributed by atoms with E-state index in [4.69, 9.17) is 10.5 Å². The van der Waals surface area contributed by atoms with Crippen LogP contribution in [0.5, 0.6) is 5.75 Å². The first kappa shape index (κ1) is 16.4. The van der Waals surface area contributed by atoms with Gasteiger partial charge in [-0.3, -0.25) is 9.48 Å². The Bertz CT molecular complexity index is 808. The Morgan fingerprint density at radius 1 is 1.42 bits per heavy atom. The number of carbonyl (C=O) groups is 1. The maximum Gasteiger partial charge on any atom is 0.255 e. The fourth-order valence-electron chi connectivity index (χ4n) is 3.33. The summed E-state index contributed by atoms with van der Waals surface area (Å²) in [5.74, 6) is 0.652. The number of hydrogen-bond acceptors (Lipinski definition) is 4. The zero-order chi connectivity index (χ0) is 17.6. The summed E-state index contributed by atoms with van der Waals surface area (Å²) < 4.78 is 7.75. The minimum Gasteiger partial charge on any atom is -0.487 e. The number of nitrogen functional groups attached to an aromatic ring is 1. The molecule has 1 aromatic heterocycles. The topological polar surface area (TPSA) is 82.2 Å². The summed E-state index contributed by atoms with van der Waals surface area (Å²) in [5, 5.41) is 7.46. The lowest BCUT2D eigenvalue weighted by molar-refractivity contribution is 0.0620. The van der Waals surface area contributed by atoms with E-state index in [1.807, 2.05) is 52.9 Å². The number of carbonyl (C=O) groups excluding carboxylic acids is 1. The Hall–Kier alpha value is -2.50. The predicted molar refractivity (Wildman–Crippen MR) is 93.1 cm³/mol. The lowest BCUT2D eigenvalue weighted by atomic mass is 9.89. The van der Waals surface area contributed by atoms with Crippen LogP contribution < -0.4 is 15.8 Å². The van der Waals surface area contributed by atoms with Gasteiger partial charge >= 0.3 is 0 Å². The van der Waals surface area contributed by atoms with Crippen molar-refractivity contribution in [1.82, 2.24) is 15.1 Å². The molecule has 6 heteroatoms. The monoisotopic (exact) mass is 328 g/mol. The first-order valence-corrected chi connectivity index (χ1v) is 8.07. The van der Waals surface area contributed by atoms with E-state index in [2.05, 4.69) is 10.4 Å². The van der Waals surface area contributed by atoms with Crippen LogP contribution in [0.2, 0.25) is 0 Å². The number of fused-ring (bicyclic) bond motifs is 1. The number of aromatic nitrogens is 2. The summed E-state index contributed by atoms with van der Waals surface area (Å²) in [6, 6.07) is 5.40. The summed E-state index contributed by atoms with van der Waals surface area (Å²) in [5.41, 5.74) is 9.35. The van der Waals surface area contributed by atoms with Crippen molar-refractivity contribution in [3.63, 3.8) is 0 Å². The molecule has 0 spiro atoms. The number of nitrogens with one attached hydrogen (secondary N) is 1. The molecule has 24 heavy (non-hydrogen) atoms. The third-order valence-electron chi connectivity index (χ3n) is 4.53. The van der Waals surface area contributed by atoms with Gasteiger partial charge in [0.1, 0.15) is 11.4 Å². The molecule has 1 aliphatic rings. The number of anilines is 1. The molecule has 128 valence electrons. The summed E-state index contributed by atoms with van der Waals surface area (Å²) in [6.45, 7) is 7.79. The molecule has 0 fully saturated rings. The fourth-order valence-corrected chi connectivity index (χ4v) is 3.33. The second-order valence-corrected chi connectivity index (χ2v) is 7.06. The van der Waals surface area contributed by atoms with Crippen LogP contribution in [0.1, 0.15) is 53.6 Å². The van der Waals surface area contributed by atoms with Crippen molar-refractivity contribution >= 4 is 11.6 Å². The number of amides is 1. The van der Waals surface area contributed by atoms with E-state index < -0.39 is 0 Å². The highest BCUT2D eigenvalue weighted by atomic mass is 16.5. The quantitative estimate of drug-likeness (QED) is 0.830. The van der Waals surface area contributed by atoms with Crippen molar-refractivity contribution in [2.45, 2.75) is 45.8 Å². The summed E-state index contributed by atoms with van der Waals surface area (Å²) in [4.78, 5) is 12.8. The highest BCUT2D eigenvalue weighted by molar-refractivity contribution is 5.96. The van der Waals surface area contributed by atoms with Gasteiger partial charge in [-0.2, -0.15) is 5.10 Å². The van der Waals surface area contributed by atoms with Crippen molar-refractivity contribution < 1.29 is 9.53 Å². The molecule has 6 nitrogen and oxygen atoms in total. The van der Waals surface area contributed by atoms with Crippen LogP contribution >= 0.6 is 0 Å². The number of benzene rings is 1. The Balaban J connectivity index is 1.95. The van der Waals surface area contributed by atoms with Crippen LogP contribution in [0.25, 0.3) is 0 Å². The lowest BCUT2D eigenvalue weighted by Gasteiger charge is -2.38. The third kappa shape index (κ3) is 2.84. The second-order valence-electron chi connectivity index (χ2n) is 7.06. The SMILES string of the molecule is Cc1nn(C)c(C)c1C(=O)NC1CC(C)(C)Oc2ccc(N)cc21. The van der Waals surface area contributed by atoms with Gasteiger partial charge in [-0.25, -0.2) is 0 Å². The average molecular weight is 328 g/mol. The van der Waals surface area contributed by atoms with Crippen molar-refractivity contribution in [1.29, 1.82) is 0 Å². The summed E-state index contributed by atoms with van der Waals surface area (Å²) in [7, 11) is 1.84. The van der Waals surface area contributed by atoms with E-state index in [0.29, 0.717) is 17.7 Å². The minimum absolute atomic E-state index is 0.117. The van der Waals surface area contributed by atoms with E-state index in [9.17, 15) is 4.79 Å². The highest BCUT2D eigenvalue weighted by Crippen LogP contribution is 2.40. The number of hydrogen-bond donors (Lipinski definition) is 2. The highest BCUT2D eigenvalue weighted by Gasteiger charge is 2.35. The van der Waals surface area contributed by atoms with Gasteiger partial charge in [0.2, 0.25) is 0 Å². The van der Waals surface area contributed by atoms with Crippen molar-refractivity contribution in [3.05, 3.63) is 40.7 Å². The molecule has 0 bridgehead atoms. The van der Waals surface area contributed by atoms with Gasteiger partial charge in [0.05, 0.1) is 17.3 Å². The molecular weight excluding hydrogens is 304 g/mol. The molecule has 3 rings (SSSR count). The molecule has 1 aromatic carbocycles. The second kappa shape index (κ2) is 5.54. The number of rotatable bonds is 2. The number of ether oxygens (including phenoxy) is 1. The molecule has 1 atom stereocenters. The molecule has 2 aromatic rings. The largest absolute Gasteiger partial charge is 0.487 e. The fraction of sp³-hybridized carbons (Fsp3) is 0.444. The smallest absolute Gasteiger partial charge is 0.255 e. The summed E-state index contributed by atoms with van der Waals surface area (Å²) in [6.07, 6.45) is 0.674. The molecule has 0 saturated heterocycles. The Morgan fingerprint density at radius 2 is 2.12 bits per heavy atom. The molecule has 2 heterocycles. The zero-order valence-corrected chi connectivity index (χ0v) is 14.8. The van der Waals surface area contributed by atoms with Crippen LogP contribution in [0.15, 0.2) is 18.2 Å². The number of nitrogens with zero attached hydrogens (tertiary/aromatic N) is 2. The van der Waals surface area contributed by atoms with Gasteiger partial charge in [0.25, 0.3) is 5.91 Å². The van der Waals surface area contributed by atoms with Gasteiger partial charge in [-0.15, -0.1) is 0 Å². The van der Waals surface area contributed by atoms with E-state index in [0.717, 1.165) is 22.7 Å². The molecule has 0 saturated carbocycles. The lowest BCUT2D eigenvalue weighted by Crippen LogP contribution is -2.41. The molecule has 3 N–H and O–H groups in total. The Labute approximate surface area is 142 Å². The van der Waals surface area contributed by atoms with Crippen molar-refractivity contribution in [2.24, 2.45) is 7.05 Å². The molecule has 1 aliphatic heterocycles. The molecule has 0 aliphatic carbocycles. The van der Waals surface area contributed by atoms with Crippen LogP contribution in [0, 0.1) is 13.8 Å². The maximum atomic E-state index is 12.8. The molecular formula is C18H24N4O2. The van der Waals surface area contributed by atoms with Gasteiger partial charge < -0.3 is 15.8 Å². The average Bonchev–Trinajstić information content (AvgIpc) is 2.72. The predicted octanol–water partition coefficient (Wildman–Crippen LogP) is 2.65. The van der Waals surface area contributed by atoms with Crippen LogP contribution in [-0.2, 0) is 7.05 Å². The standard InChI is InChI=1S/C18H24N4O2/c1-10-16(11(2)22(5)21-10)17(23)20-14-9-18(3,4)24-15-7-6-12(19)8-13(14)15/h6-8,14H,9,19H2,1-5H3,(H,20,23). The number of aryl methyl sites for hydroxylation is 2. The minimum atomic E-state index is -0.361. The molecule has 1 amide bonds. The van der Waals surface area contributed by atoms with Gasteiger partial charge in [-0.1, -0.05) is 0 Å². The summed E-state index contributed by atoms with van der Waals surface area (Å²) >= 11 is 0. The third-order valence-corrected chi connectivity index (χ3v) is 4.53. The maximum absolute atomic E-state index is 12.8. The van der Waals surface area contributed by atoms with Gasteiger partial charge in [0.15, 0.2) is 0 Å². The van der Waals surface area contributed by atoms with E-state index in [1.54, 1.807) is 4.68 Å². The Morgan fingerprint density at radius 3 is 2.75 bits per heavy atom. The van der Waals surface area contributed by atoms with Crippen LogP contribution in [0.4, 0.5) is 5.69 Å². The van der Waals surface area contributed by atoms with E-state index in [1.165, 1.54) is 0 Å².